The fourth-order valence-electron chi connectivity index (χ4n) is 8.11. The Balaban J connectivity index is 1.14. The largest absolute Gasteiger partial charge is 0.366 e. The third-order valence-corrected chi connectivity index (χ3v) is 10.4. The van der Waals surface area contributed by atoms with Crippen LogP contribution >= 0.6 is 0 Å². The number of aryl methyl sites for hydroxylation is 1. The van der Waals surface area contributed by atoms with Gasteiger partial charge in [-0.25, -0.2) is 13.8 Å². The molecule has 1 amide bonds. The average molecular weight is 594 g/mol. The molecule has 43 heavy (non-hydrogen) atoms. The van der Waals surface area contributed by atoms with E-state index in [2.05, 4.69) is 56.8 Å². The topological polar surface area (TPSA) is 70.0 Å². The number of hydrogen-bond acceptors (Lipinski definition) is 7. The standard InChI is InChI=1S/C32H41F2N7O2/c1-5-28(42)38-13-11-37(12-14-38)26-18-40-24(26)8-6-7-23-25(40)15-27(36-29(23)31(33)34)39-10-9-32(16-21(39)3)30-20(2)17-35-41(30)22(4)19-43-32/h5-7,15,17,21-22,24,26,31H,1,8-14,16,18-19H2,2-4H3/t21-,22-,24+,26?,32?/m1/s1. The number of rotatable bonds is 4. The Labute approximate surface area is 251 Å². The number of carbonyl (C=O) groups excluding carboxylic acids is 1. The Kier molecular flexibility index (Phi) is 7.08. The average Bonchev–Trinajstić information content (AvgIpc) is 3.34. The minimum absolute atomic E-state index is 0.0241. The Hall–Kier alpha value is -3.31. The van der Waals surface area contributed by atoms with Crippen LogP contribution in [0.5, 0.6) is 0 Å². The van der Waals surface area contributed by atoms with Crippen molar-refractivity contribution >= 4 is 23.5 Å². The van der Waals surface area contributed by atoms with Crippen LogP contribution in [0.15, 0.2) is 31.0 Å². The summed E-state index contributed by atoms with van der Waals surface area (Å²) in [5, 5.41) is 4.64. The van der Waals surface area contributed by atoms with E-state index in [1.807, 2.05) is 29.3 Å². The molecule has 7 heterocycles. The molecule has 0 bridgehead atoms. The van der Waals surface area contributed by atoms with E-state index in [0.29, 0.717) is 43.7 Å². The van der Waals surface area contributed by atoms with E-state index in [-0.39, 0.29) is 29.7 Å². The molecule has 7 rings (SSSR count). The summed E-state index contributed by atoms with van der Waals surface area (Å²) in [6, 6.07) is 2.77. The first-order valence-corrected chi connectivity index (χ1v) is 15.6. The summed E-state index contributed by atoms with van der Waals surface area (Å²) < 4.78 is 37.8. The first-order valence-electron chi connectivity index (χ1n) is 15.6. The number of halogens is 2. The van der Waals surface area contributed by atoms with Crippen molar-refractivity contribution in [3.05, 3.63) is 53.5 Å². The molecule has 230 valence electrons. The molecule has 5 aliphatic heterocycles. The molecule has 3 fully saturated rings. The molecule has 0 radical (unpaired) electrons. The third kappa shape index (κ3) is 4.58. The molecular weight excluding hydrogens is 552 g/mol. The van der Waals surface area contributed by atoms with Gasteiger partial charge in [-0.3, -0.25) is 14.4 Å². The third-order valence-electron chi connectivity index (χ3n) is 10.4. The quantitative estimate of drug-likeness (QED) is 0.490. The van der Waals surface area contributed by atoms with E-state index in [4.69, 9.17) is 4.74 Å². The smallest absolute Gasteiger partial charge is 0.281 e. The number of piperidine rings is 1. The van der Waals surface area contributed by atoms with E-state index >= 15 is 0 Å². The van der Waals surface area contributed by atoms with Gasteiger partial charge in [0.25, 0.3) is 6.43 Å². The Bertz CT molecular complexity index is 1450. The predicted molar refractivity (Wildman–Crippen MR) is 161 cm³/mol. The summed E-state index contributed by atoms with van der Waals surface area (Å²) in [6.07, 6.45) is 6.77. The van der Waals surface area contributed by atoms with Gasteiger partial charge in [-0.05, 0) is 45.3 Å². The number of alkyl halides is 2. The molecule has 5 atom stereocenters. The Morgan fingerprint density at radius 3 is 2.65 bits per heavy atom. The van der Waals surface area contributed by atoms with Crippen molar-refractivity contribution in [2.45, 2.75) is 76.2 Å². The summed E-state index contributed by atoms with van der Waals surface area (Å²) in [6.45, 7) is 15.0. The summed E-state index contributed by atoms with van der Waals surface area (Å²) in [4.78, 5) is 25.4. The SMILES string of the molecule is C=CC(=O)N1CCN(C2CN3c4cc(N5CCC6(C[C@H]5C)OC[C@@H](C)n5ncc(C)c56)nc(C(F)F)c4C=CC[C@@H]23)CC1. The van der Waals surface area contributed by atoms with Gasteiger partial charge in [-0.2, -0.15) is 5.10 Å². The van der Waals surface area contributed by atoms with Crippen molar-refractivity contribution < 1.29 is 18.3 Å². The number of carbonyl (C=O) groups is 1. The monoisotopic (exact) mass is 593 g/mol. The highest BCUT2D eigenvalue weighted by Gasteiger charge is 2.48. The number of amides is 1. The lowest BCUT2D eigenvalue weighted by Crippen LogP contribution is -2.69. The van der Waals surface area contributed by atoms with Crippen molar-refractivity contribution in [2.75, 3.05) is 55.7 Å². The van der Waals surface area contributed by atoms with Crippen LogP contribution in [0.3, 0.4) is 0 Å². The zero-order valence-corrected chi connectivity index (χ0v) is 25.3. The lowest BCUT2D eigenvalue weighted by atomic mass is 9.81. The van der Waals surface area contributed by atoms with Gasteiger partial charge in [0.05, 0.1) is 30.2 Å². The molecule has 0 saturated carbocycles. The molecule has 3 saturated heterocycles. The van der Waals surface area contributed by atoms with Gasteiger partial charge in [0, 0.05) is 75.4 Å². The van der Waals surface area contributed by atoms with E-state index in [1.54, 1.807) is 0 Å². The maximum absolute atomic E-state index is 14.6. The fourth-order valence-corrected chi connectivity index (χ4v) is 8.11. The van der Waals surface area contributed by atoms with Crippen LogP contribution in [0.25, 0.3) is 6.08 Å². The number of hydrogen-bond donors (Lipinski definition) is 0. The van der Waals surface area contributed by atoms with E-state index < -0.39 is 12.0 Å². The summed E-state index contributed by atoms with van der Waals surface area (Å²) in [5.41, 5.74) is 3.09. The molecule has 5 aliphatic rings. The van der Waals surface area contributed by atoms with E-state index in [1.165, 1.54) is 6.08 Å². The maximum atomic E-state index is 14.6. The maximum Gasteiger partial charge on any atom is 0.281 e. The summed E-state index contributed by atoms with van der Waals surface area (Å²) in [5.74, 6) is 0.587. The van der Waals surface area contributed by atoms with Gasteiger partial charge < -0.3 is 19.4 Å². The molecule has 9 nitrogen and oxygen atoms in total. The number of aromatic nitrogens is 3. The lowest BCUT2D eigenvalue weighted by Gasteiger charge is -2.55. The van der Waals surface area contributed by atoms with Crippen LogP contribution in [0.1, 0.15) is 68.1 Å². The molecule has 0 aliphatic carbocycles. The van der Waals surface area contributed by atoms with Crippen molar-refractivity contribution in [3.8, 4) is 0 Å². The van der Waals surface area contributed by atoms with Gasteiger partial charge >= 0.3 is 0 Å². The second-order valence-electron chi connectivity index (χ2n) is 12.9. The zero-order valence-electron chi connectivity index (χ0n) is 25.3. The molecule has 0 aromatic carbocycles. The minimum Gasteiger partial charge on any atom is -0.366 e. The fraction of sp³-hybridized carbons (Fsp3) is 0.594. The number of nitrogens with zero attached hydrogens (tertiary/aromatic N) is 7. The van der Waals surface area contributed by atoms with Crippen LogP contribution in [0, 0.1) is 6.92 Å². The Morgan fingerprint density at radius 1 is 1.14 bits per heavy atom. The summed E-state index contributed by atoms with van der Waals surface area (Å²) in [7, 11) is 0. The normalized spacial score (nSPS) is 30.5. The van der Waals surface area contributed by atoms with Crippen LogP contribution in [-0.2, 0) is 15.1 Å². The van der Waals surface area contributed by atoms with Gasteiger partial charge in [-0.1, -0.05) is 18.7 Å². The first kappa shape index (κ1) is 28.5. The molecule has 1 spiro atoms. The van der Waals surface area contributed by atoms with E-state index in [0.717, 1.165) is 55.8 Å². The van der Waals surface area contributed by atoms with Gasteiger partial charge in [-0.15, -0.1) is 0 Å². The molecule has 2 aromatic heterocycles. The second kappa shape index (κ2) is 10.7. The number of fused-ring (bicyclic) bond motifs is 5. The van der Waals surface area contributed by atoms with Crippen molar-refractivity contribution in [1.29, 1.82) is 0 Å². The highest BCUT2D eigenvalue weighted by molar-refractivity contribution is 5.87. The summed E-state index contributed by atoms with van der Waals surface area (Å²) >= 11 is 0. The lowest BCUT2D eigenvalue weighted by molar-refractivity contribution is -0.128. The highest BCUT2D eigenvalue weighted by Crippen LogP contribution is 2.47. The van der Waals surface area contributed by atoms with Crippen molar-refractivity contribution in [3.63, 3.8) is 0 Å². The molecule has 2 aromatic rings. The molecule has 11 heteroatoms. The van der Waals surface area contributed by atoms with Crippen LogP contribution in [0.4, 0.5) is 20.3 Å². The zero-order chi connectivity index (χ0) is 30.0. The number of ether oxygens (including phenoxy) is 1. The van der Waals surface area contributed by atoms with Gasteiger partial charge in [0.1, 0.15) is 17.1 Å². The molecule has 0 N–H and O–H groups in total. The van der Waals surface area contributed by atoms with Gasteiger partial charge in [0.15, 0.2) is 0 Å². The highest BCUT2D eigenvalue weighted by atomic mass is 19.3. The first-order chi connectivity index (χ1) is 20.7. The Morgan fingerprint density at radius 2 is 1.93 bits per heavy atom. The predicted octanol–water partition coefficient (Wildman–Crippen LogP) is 4.30. The number of pyridine rings is 1. The number of anilines is 2. The molecule has 2 unspecified atom stereocenters. The van der Waals surface area contributed by atoms with Crippen molar-refractivity contribution in [1.82, 2.24) is 24.6 Å². The van der Waals surface area contributed by atoms with Crippen molar-refractivity contribution in [2.24, 2.45) is 0 Å². The van der Waals surface area contributed by atoms with Crippen LogP contribution < -0.4 is 9.80 Å². The van der Waals surface area contributed by atoms with E-state index in [9.17, 15) is 13.6 Å². The molecular formula is C32H41F2N7O2. The second-order valence-corrected chi connectivity index (χ2v) is 12.9. The number of piperazine rings is 1. The van der Waals surface area contributed by atoms with Crippen LogP contribution in [-0.4, -0.2) is 94.5 Å². The van der Waals surface area contributed by atoms with Crippen LogP contribution in [0.2, 0.25) is 0 Å². The minimum atomic E-state index is -2.67. The van der Waals surface area contributed by atoms with Gasteiger partial charge in [0.2, 0.25) is 5.91 Å².